The third-order valence-corrected chi connectivity index (χ3v) is 4.51. The van der Waals surface area contributed by atoms with Gasteiger partial charge in [0.05, 0.1) is 12.2 Å². The number of ether oxygens (including phenoxy) is 2. The lowest BCUT2D eigenvalue weighted by Crippen LogP contribution is -2.38. The summed E-state index contributed by atoms with van der Waals surface area (Å²) < 4.78 is 10.9. The number of benzene rings is 1. The molecule has 5 heteroatoms. The lowest BCUT2D eigenvalue weighted by atomic mass is 10.0. The second-order valence-corrected chi connectivity index (χ2v) is 6.70. The number of halogens is 1. The zero-order valence-corrected chi connectivity index (χ0v) is 13.2. The molecule has 0 saturated heterocycles. The summed E-state index contributed by atoms with van der Waals surface area (Å²) in [7, 11) is 2.03. The van der Waals surface area contributed by atoms with Crippen molar-refractivity contribution in [2.75, 3.05) is 20.4 Å². The molecule has 3 rings (SSSR count). The van der Waals surface area contributed by atoms with Gasteiger partial charge in [0.1, 0.15) is 5.75 Å². The Morgan fingerprint density at radius 3 is 2.86 bits per heavy atom. The Morgan fingerprint density at radius 1 is 1.33 bits per heavy atom. The van der Waals surface area contributed by atoms with Crippen molar-refractivity contribution in [3.8, 4) is 5.75 Å². The van der Waals surface area contributed by atoms with Gasteiger partial charge in [0.15, 0.2) is 6.79 Å². The van der Waals surface area contributed by atoms with Gasteiger partial charge in [-0.15, -0.1) is 0 Å². The molecule has 1 aromatic rings. The van der Waals surface area contributed by atoms with E-state index in [0.717, 1.165) is 42.6 Å². The van der Waals surface area contributed by atoms with Crippen LogP contribution in [0.1, 0.15) is 36.8 Å². The zero-order valence-electron chi connectivity index (χ0n) is 12.4. The van der Waals surface area contributed by atoms with Crippen molar-refractivity contribution >= 4 is 11.6 Å². The molecular weight excluding hydrogens is 290 g/mol. The lowest BCUT2D eigenvalue weighted by Gasteiger charge is -2.30. The summed E-state index contributed by atoms with van der Waals surface area (Å²) in [5.41, 5.74) is 1.53. The van der Waals surface area contributed by atoms with E-state index >= 15 is 0 Å². The first-order valence-corrected chi connectivity index (χ1v) is 7.86. The smallest absolute Gasteiger partial charge is 0.189 e. The zero-order chi connectivity index (χ0) is 14.9. The Kier molecular flexibility index (Phi) is 4.41. The van der Waals surface area contributed by atoms with Crippen molar-refractivity contribution < 1.29 is 14.6 Å². The summed E-state index contributed by atoms with van der Waals surface area (Å²) in [5, 5.41) is 11.2. The van der Waals surface area contributed by atoms with Crippen LogP contribution >= 0.6 is 11.6 Å². The molecule has 0 atom stereocenters. The number of hydrogen-bond acceptors (Lipinski definition) is 4. The Balaban J connectivity index is 1.73. The highest BCUT2D eigenvalue weighted by molar-refractivity contribution is 6.30. The van der Waals surface area contributed by atoms with Gasteiger partial charge in [-0.2, -0.15) is 0 Å². The third kappa shape index (κ3) is 3.51. The molecule has 0 aromatic heterocycles. The van der Waals surface area contributed by atoms with Crippen LogP contribution in [0.25, 0.3) is 0 Å². The predicted octanol–water partition coefficient (Wildman–Crippen LogP) is 2.94. The van der Waals surface area contributed by atoms with Gasteiger partial charge in [0, 0.05) is 29.2 Å². The second-order valence-electron chi connectivity index (χ2n) is 6.27. The fourth-order valence-electron chi connectivity index (χ4n) is 3.41. The maximum atomic E-state index is 10.5. The Hall–Kier alpha value is -0.810. The maximum absolute atomic E-state index is 10.5. The van der Waals surface area contributed by atoms with E-state index in [9.17, 15) is 5.11 Å². The normalized spacial score (nSPS) is 20.4. The molecular formula is C16H22ClNO3. The third-order valence-electron chi connectivity index (χ3n) is 4.29. The van der Waals surface area contributed by atoms with Crippen molar-refractivity contribution in [2.24, 2.45) is 0 Å². The first-order chi connectivity index (χ1) is 10.1. The van der Waals surface area contributed by atoms with E-state index in [0.29, 0.717) is 24.7 Å². The number of nitrogens with zero attached hydrogens (tertiary/aromatic N) is 1. The highest BCUT2D eigenvalue weighted by atomic mass is 35.5. The van der Waals surface area contributed by atoms with E-state index in [1.165, 1.54) is 0 Å². The fourth-order valence-corrected chi connectivity index (χ4v) is 3.68. The van der Waals surface area contributed by atoms with E-state index in [4.69, 9.17) is 21.1 Å². The van der Waals surface area contributed by atoms with E-state index < -0.39 is 5.60 Å². The number of aliphatic hydroxyl groups is 1. The quantitative estimate of drug-likeness (QED) is 0.928. The van der Waals surface area contributed by atoms with Crippen LogP contribution in [0.2, 0.25) is 5.02 Å². The number of likely N-dealkylation sites (N-methyl/N-ethyl adjacent to an activating group) is 1. The molecule has 2 aliphatic rings. The van der Waals surface area contributed by atoms with Crippen molar-refractivity contribution in [1.29, 1.82) is 0 Å². The molecule has 0 bridgehead atoms. The van der Waals surface area contributed by atoms with Crippen molar-refractivity contribution in [3.63, 3.8) is 0 Å². The molecule has 1 aromatic carbocycles. The average molecular weight is 312 g/mol. The van der Waals surface area contributed by atoms with Crippen LogP contribution in [0.4, 0.5) is 0 Å². The van der Waals surface area contributed by atoms with Gasteiger partial charge in [-0.1, -0.05) is 24.4 Å². The highest BCUT2D eigenvalue weighted by Crippen LogP contribution is 2.34. The fraction of sp³-hybridized carbons (Fsp3) is 0.625. The summed E-state index contributed by atoms with van der Waals surface area (Å²) in [4.78, 5) is 2.15. The van der Waals surface area contributed by atoms with Crippen LogP contribution in [0.5, 0.6) is 5.75 Å². The maximum Gasteiger partial charge on any atom is 0.189 e. The lowest BCUT2D eigenvalue weighted by molar-refractivity contribution is -0.0182. The Labute approximate surface area is 130 Å². The van der Waals surface area contributed by atoms with E-state index in [1.807, 2.05) is 19.2 Å². The standard InChI is InChI=1S/C16H22ClNO3/c1-18(10-16(19)4-2-3-5-16)8-12-6-14(17)7-13-9-20-11-21-15(12)13/h6-7,19H,2-5,8-11H2,1H3. The topological polar surface area (TPSA) is 41.9 Å². The van der Waals surface area contributed by atoms with Crippen LogP contribution in [-0.2, 0) is 17.9 Å². The monoisotopic (exact) mass is 311 g/mol. The molecule has 4 nitrogen and oxygen atoms in total. The molecule has 1 fully saturated rings. The summed E-state index contributed by atoms with van der Waals surface area (Å²) in [6.07, 6.45) is 4.04. The van der Waals surface area contributed by atoms with Gasteiger partial charge >= 0.3 is 0 Å². The SMILES string of the molecule is CN(Cc1cc(Cl)cc2c1OCOC2)CC1(O)CCCC1. The van der Waals surface area contributed by atoms with Crippen LogP contribution in [0.3, 0.4) is 0 Å². The molecule has 1 saturated carbocycles. The summed E-state index contributed by atoms with van der Waals surface area (Å²) in [6.45, 7) is 2.22. The molecule has 1 aliphatic heterocycles. The van der Waals surface area contributed by atoms with E-state index in [1.54, 1.807) is 0 Å². The van der Waals surface area contributed by atoms with Gasteiger partial charge in [0.25, 0.3) is 0 Å². The molecule has 21 heavy (non-hydrogen) atoms. The van der Waals surface area contributed by atoms with Gasteiger partial charge in [0.2, 0.25) is 0 Å². The Morgan fingerprint density at radius 2 is 2.10 bits per heavy atom. The van der Waals surface area contributed by atoms with Crippen molar-refractivity contribution in [2.45, 2.75) is 44.4 Å². The van der Waals surface area contributed by atoms with Crippen LogP contribution in [0, 0.1) is 0 Å². The van der Waals surface area contributed by atoms with E-state index in [2.05, 4.69) is 4.90 Å². The van der Waals surface area contributed by atoms with Crippen LogP contribution in [0.15, 0.2) is 12.1 Å². The van der Waals surface area contributed by atoms with Crippen molar-refractivity contribution in [3.05, 3.63) is 28.3 Å². The minimum absolute atomic E-state index is 0.287. The van der Waals surface area contributed by atoms with Crippen LogP contribution < -0.4 is 4.74 Å². The molecule has 1 aliphatic carbocycles. The van der Waals surface area contributed by atoms with Gasteiger partial charge in [-0.3, -0.25) is 4.90 Å². The molecule has 1 N–H and O–H groups in total. The molecule has 116 valence electrons. The minimum atomic E-state index is -0.530. The molecule has 0 unspecified atom stereocenters. The summed E-state index contributed by atoms with van der Waals surface area (Å²) in [6, 6.07) is 3.84. The number of fused-ring (bicyclic) bond motifs is 1. The van der Waals surface area contributed by atoms with Crippen LogP contribution in [-0.4, -0.2) is 36.0 Å². The minimum Gasteiger partial charge on any atom is -0.467 e. The van der Waals surface area contributed by atoms with Gasteiger partial charge in [-0.05, 0) is 32.0 Å². The summed E-state index contributed by atoms with van der Waals surface area (Å²) in [5.74, 6) is 0.885. The van der Waals surface area contributed by atoms with Gasteiger partial charge in [-0.25, -0.2) is 0 Å². The molecule has 0 amide bonds. The number of hydrogen-bond donors (Lipinski definition) is 1. The van der Waals surface area contributed by atoms with E-state index in [-0.39, 0.29) is 6.79 Å². The first-order valence-electron chi connectivity index (χ1n) is 7.48. The predicted molar refractivity (Wildman–Crippen MR) is 81.5 cm³/mol. The Bertz CT molecular complexity index is 514. The second kappa shape index (κ2) is 6.13. The average Bonchev–Trinajstić information content (AvgIpc) is 2.84. The highest BCUT2D eigenvalue weighted by Gasteiger charge is 2.32. The number of rotatable bonds is 4. The largest absolute Gasteiger partial charge is 0.467 e. The molecule has 1 heterocycles. The molecule has 0 radical (unpaired) electrons. The van der Waals surface area contributed by atoms with Crippen molar-refractivity contribution in [1.82, 2.24) is 4.90 Å². The summed E-state index contributed by atoms with van der Waals surface area (Å²) >= 11 is 6.18. The first kappa shape index (κ1) is 15.1. The molecule has 0 spiro atoms. The van der Waals surface area contributed by atoms with Gasteiger partial charge < -0.3 is 14.6 Å².